The molecule has 2 aromatic carbocycles. The molecule has 2 rings (SSSR count). The summed E-state index contributed by atoms with van der Waals surface area (Å²) in [5.74, 6) is 0.418. The number of esters is 1. The maximum atomic E-state index is 11.9. The molecule has 23 heavy (non-hydrogen) atoms. The number of phenols is 1. The van der Waals surface area contributed by atoms with E-state index in [4.69, 9.17) is 9.47 Å². The molecule has 118 valence electrons. The van der Waals surface area contributed by atoms with Gasteiger partial charge in [0.1, 0.15) is 5.75 Å². The minimum Gasteiger partial charge on any atom is -0.504 e. The average molecular weight is 310 g/mol. The molecule has 4 nitrogen and oxygen atoms in total. The number of aryl methyl sites for hydroxylation is 1. The van der Waals surface area contributed by atoms with Crippen molar-refractivity contribution in [2.24, 2.45) is 0 Å². The number of phenolic OH excluding ortho intramolecular Hbond substituents is 1. The van der Waals surface area contributed by atoms with Gasteiger partial charge in [-0.05, 0) is 54.0 Å². The number of carbonyl (C=O) groups is 1. The summed E-state index contributed by atoms with van der Waals surface area (Å²) in [6, 6.07) is 10.3. The fourth-order valence-corrected chi connectivity index (χ4v) is 2.02. The van der Waals surface area contributed by atoms with E-state index in [-0.39, 0.29) is 5.75 Å². The van der Waals surface area contributed by atoms with Gasteiger partial charge in [0.05, 0.1) is 7.11 Å². The molecule has 0 aromatic heterocycles. The maximum absolute atomic E-state index is 11.9. The first-order valence-corrected chi connectivity index (χ1v) is 7.03. The number of ether oxygens (including phenoxy) is 2. The van der Waals surface area contributed by atoms with Crippen LogP contribution in [0.25, 0.3) is 12.2 Å². The zero-order valence-corrected chi connectivity index (χ0v) is 13.1. The molecule has 1 N–H and O–H groups in total. The van der Waals surface area contributed by atoms with E-state index >= 15 is 0 Å². The highest BCUT2D eigenvalue weighted by molar-refractivity contribution is 5.89. The van der Waals surface area contributed by atoms with Crippen molar-refractivity contribution in [1.29, 1.82) is 0 Å². The molecule has 0 bridgehead atoms. The minimum atomic E-state index is -0.480. The third-order valence-electron chi connectivity index (χ3n) is 3.26. The van der Waals surface area contributed by atoms with Crippen LogP contribution < -0.4 is 9.47 Å². The van der Waals surface area contributed by atoms with Crippen molar-refractivity contribution < 1.29 is 19.4 Å². The first kappa shape index (κ1) is 16.4. The number of hydrogen-bond acceptors (Lipinski definition) is 4. The lowest BCUT2D eigenvalue weighted by molar-refractivity contribution is -0.128. The van der Waals surface area contributed by atoms with Crippen LogP contribution in [0.4, 0.5) is 0 Å². The molecule has 0 spiro atoms. The third kappa shape index (κ3) is 4.23. The molecule has 0 amide bonds. The van der Waals surface area contributed by atoms with Gasteiger partial charge in [0.2, 0.25) is 0 Å². The maximum Gasteiger partial charge on any atom is 0.336 e. The van der Waals surface area contributed by atoms with Crippen LogP contribution in [0.5, 0.6) is 17.2 Å². The summed E-state index contributed by atoms with van der Waals surface area (Å²) in [4.78, 5) is 11.9. The number of aromatic hydroxyl groups is 1. The van der Waals surface area contributed by atoms with E-state index in [1.165, 1.54) is 19.3 Å². The SMILES string of the molecule is C=Cc1ccc(OC(=O)/C=C/c2ccc(O)c(OC)c2)c(C)c1. The lowest BCUT2D eigenvalue weighted by Gasteiger charge is -2.06. The van der Waals surface area contributed by atoms with Crippen molar-refractivity contribution in [2.45, 2.75) is 6.92 Å². The van der Waals surface area contributed by atoms with E-state index in [2.05, 4.69) is 6.58 Å². The molecule has 0 radical (unpaired) electrons. The van der Waals surface area contributed by atoms with Gasteiger partial charge >= 0.3 is 5.97 Å². The Labute approximate surface area is 135 Å². The first-order chi connectivity index (χ1) is 11.0. The van der Waals surface area contributed by atoms with Crippen LogP contribution in [0.1, 0.15) is 16.7 Å². The number of benzene rings is 2. The van der Waals surface area contributed by atoms with Gasteiger partial charge in [-0.15, -0.1) is 0 Å². The second kappa shape index (κ2) is 7.31. The summed E-state index contributed by atoms with van der Waals surface area (Å²) in [7, 11) is 1.46. The Bertz CT molecular complexity index is 760. The number of methoxy groups -OCH3 is 1. The van der Waals surface area contributed by atoms with Gasteiger partial charge < -0.3 is 14.6 Å². The van der Waals surface area contributed by atoms with Crippen molar-refractivity contribution in [3.05, 3.63) is 65.7 Å². The number of hydrogen-bond donors (Lipinski definition) is 1. The smallest absolute Gasteiger partial charge is 0.336 e. The second-order valence-electron chi connectivity index (χ2n) is 4.91. The normalized spacial score (nSPS) is 10.5. The van der Waals surface area contributed by atoms with Gasteiger partial charge in [0.25, 0.3) is 0 Å². The van der Waals surface area contributed by atoms with Gasteiger partial charge in [-0.25, -0.2) is 4.79 Å². The fourth-order valence-electron chi connectivity index (χ4n) is 2.02. The summed E-state index contributed by atoms with van der Waals surface area (Å²) in [6.45, 7) is 5.56. The molecule has 0 fully saturated rings. The second-order valence-corrected chi connectivity index (χ2v) is 4.91. The van der Waals surface area contributed by atoms with Crippen LogP contribution >= 0.6 is 0 Å². The van der Waals surface area contributed by atoms with Gasteiger partial charge in [-0.3, -0.25) is 0 Å². The number of rotatable bonds is 5. The van der Waals surface area contributed by atoms with Gasteiger partial charge in [0, 0.05) is 6.08 Å². The molecule has 0 atom stereocenters. The highest BCUT2D eigenvalue weighted by Gasteiger charge is 2.05. The van der Waals surface area contributed by atoms with Crippen molar-refractivity contribution in [3.63, 3.8) is 0 Å². The Balaban J connectivity index is 2.08. The van der Waals surface area contributed by atoms with E-state index in [0.717, 1.165) is 16.7 Å². The Kier molecular flexibility index (Phi) is 5.20. The predicted molar refractivity (Wildman–Crippen MR) is 90.6 cm³/mol. The van der Waals surface area contributed by atoms with Crippen LogP contribution in [0.2, 0.25) is 0 Å². The molecule has 0 aliphatic heterocycles. The van der Waals surface area contributed by atoms with E-state index in [1.54, 1.807) is 30.4 Å². The lowest BCUT2D eigenvalue weighted by Crippen LogP contribution is -2.04. The zero-order chi connectivity index (χ0) is 16.8. The van der Waals surface area contributed by atoms with Crippen LogP contribution in [-0.4, -0.2) is 18.2 Å². The van der Waals surface area contributed by atoms with Gasteiger partial charge in [0.15, 0.2) is 11.5 Å². The Hall–Kier alpha value is -3.01. The van der Waals surface area contributed by atoms with Crippen molar-refractivity contribution >= 4 is 18.1 Å². The summed E-state index contributed by atoms with van der Waals surface area (Å²) >= 11 is 0. The molecule has 0 saturated heterocycles. The van der Waals surface area contributed by atoms with E-state index < -0.39 is 5.97 Å². The quantitative estimate of drug-likeness (QED) is 0.516. The van der Waals surface area contributed by atoms with Crippen LogP contribution in [-0.2, 0) is 4.79 Å². The average Bonchev–Trinajstić information content (AvgIpc) is 2.56. The largest absolute Gasteiger partial charge is 0.504 e. The van der Waals surface area contributed by atoms with Crippen molar-refractivity contribution in [1.82, 2.24) is 0 Å². The molecule has 0 saturated carbocycles. The van der Waals surface area contributed by atoms with Crippen LogP contribution in [0.3, 0.4) is 0 Å². The zero-order valence-electron chi connectivity index (χ0n) is 13.1. The van der Waals surface area contributed by atoms with Crippen LogP contribution in [0, 0.1) is 6.92 Å². The Morgan fingerprint density at radius 2 is 1.87 bits per heavy atom. The lowest BCUT2D eigenvalue weighted by atomic mass is 10.1. The topological polar surface area (TPSA) is 55.8 Å². The van der Waals surface area contributed by atoms with E-state index in [0.29, 0.717) is 11.5 Å². The highest BCUT2D eigenvalue weighted by Crippen LogP contribution is 2.26. The van der Waals surface area contributed by atoms with E-state index in [9.17, 15) is 9.90 Å². The molecule has 0 aliphatic rings. The molecule has 0 aliphatic carbocycles. The predicted octanol–water partition coefficient (Wildman–Crippen LogP) is 3.97. The van der Waals surface area contributed by atoms with Gasteiger partial charge in [-0.1, -0.05) is 24.8 Å². The van der Waals surface area contributed by atoms with Crippen molar-refractivity contribution in [3.8, 4) is 17.2 Å². The summed E-state index contributed by atoms with van der Waals surface area (Å²) in [6.07, 6.45) is 4.65. The first-order valence-electron chi connectivity index (χ1n) is 7.03. The molecule has 2 aromatic rings. The van der Waals surface area contributed by atoms with E-state index in [1.807, 2.05) is 19.1 Å². The van der Waals surface area contributed by atoms with Crippen LogP contribution in [0.15, 0.2) is 49.1 Å². The fraction of sp³-hybridized carbons (Fsp3) is 0.105. The Morgan fingerprint density at radius 3 is 2.52 bits per heavy atom. The molecular weight excluding hydrogens is 292 g/mol. The minimum absolute atomic E-state index is 0.0464. The van der Waals surface area contributed by atoms with Crippen molar-refractivity contribution in [2.75, 3.05) is 7.11 Å². The summed E-state index contributed by atoms with van der Waals surface area (Å²) in [5.41, 5.74) is 2.54. The molecule has 4 heteroatoms. The third-order valence-corrected chi connectivity index (χ3v) is 3.26. The summed E-state index contributed by atoms with van der Waals surface area (Å²) < 4.78 is 10.3. The Morgan fingerprint density at radius 1 is 1.13 bits per heavy atom. The molecule has 0 heterocycles. The molecular formula is C19H18O4. The number of carbonyl (C=O) groups excluding carboxylic acids is 1. The standard InChI is InChI=1S/C19H18O4/c1-4-14-6-9-17(13(2)11-14)23-19(21)10-7-15-5-8-16(20)18(12-15)22-3/h4-12,20H,1H2,2-3H3/b10-7+. The molecule has 0 unspecified atom stereocenters. The monoisotopic (exact) mass is 310 g/mol. The van der Waals surface area contributed by atoms with Gasteiger partial charge in [-0.2, -0.15) is 0 Å². The highest BCUT2D eigenvalue weighted by atomic mass is 16.5. The summed E-state index contributed by atoms with van der Waals surface area (Å²) in [5, 5.41) is 9.53.